The maximum absolute atomic E-state index is 12.1. The Morgan fingerprint density at radius 1 is 1.52 bits per heavy atom. The molecule has 6 heteroatoms. The van der Waals surface area contributed by atoms with E-state index in [1.54, 1.807) is 25.1 Å². The number of ether oxygens (including phenoxy) is 2. The zero-order valence-corrected chi connectivity index (χ0v) is 13.9. The van der Waals surface area contributed by atoms with Crippen LogP contribution in [0.25, 0.3) is 0 Å². The molecule has 1 fully saturated rings. The highest BCUT2D eigenvalue weighted by Gasteiger charge is 2.46. The number of carbonyl (C=O) groups is 2. The van der Waals surface area contributed by atoms with Gasteiger partial charge < -0.3 is 9.47 Å². The number of rotatable bonds is 4. The quantitative estimate of drug-likeness (QED) is 0.624. The highest BCUT2D eigenvalue weighted by molar-refractivity contribution is 6.31. The van der Waals surface area contributed by atoms with Crippen molar-refractivity contribution in [3.8, 4) is 11.8 Å². The van der Waals surface area contributed by atoms with Crippen LogP contribution in [-0.2, 0) is 19.7 Å². The summed E-state index contributed by atoms with van der Waals surface area (Å²) in [6.45, 7) is 1.88. The Morgan fingerprint density at radius 2 is 2.26 bits per heavy atom. The number of carbonyl (C=O) groups excluding carboxylic acids is 2. The number of hydrogen-bond acceptors (Lipinski definition) is 5. The highest BCUT2D eigenvalue weighted by Crippen LogP contribution is 2.44. The summed E-state index contributed by atoms with van der Waals surface area (Å²) >= 11 is 6.27. The normalized spacial score (nSPS) is 23.9. The number of nitrogens with zero attached hydrogens (tertiary/aromatic N) is 1. The Labute approximate surface area is 140 Å². The van der Waals surface area contributed by atoms with Gasteiger partial charge >= 0.3 is 5.97 Å². The molecule has 2 unspecified atom stereocenters. The molecule has 2 atom stereocenters. The van der Waals surface area contributed by atoms with Gasteiger partial charge in [0.2, 0.25) is 0 Å². The number of methoxy groups -OCH3 is 1. The van der Waals surface area contributed by atoms with E-state index in [1.165, 1.54) is 7.11 Å². The molecule has 1 saturated carbocycles. The number of ketones is 1. The van der Waals surface area contributed by atoms with E-state index in [0.29, 0.717) is 22.8 Å². The first kappa shape index (κ1) is 17.3. The summed E-state index contributed by atoms with van der Waals surface area (Å²) < 4.78 is 10.2. The summed E-state index contributed by atoms with van der Waals surface area (Å²) in [5, 5.41) is 10.2. The molecule has 0 radical (unpaired) electrons. The third-order valence-electron chi connectivity index (χ3n) is 4.21. The molecular weight excluding hydrogens is 318 g/mol. The first-order chi connectivity index (χ1) is 11.0. The third kappa shape index (κ3) is 3.32. The molecule has 0 saturated heterocycles. The summed E-state index contributed by atoms with van der Waals surface area (Å²) in [6.07, 6.45) is 0.545. The number of nitriles is 1. The number of Topliss-reactive ketones (excluding diaryl/α,β-unsaturated/α-hetero) is 1. The fourth-order valence-electron chi connectivity index (χ4n) is 2.94. The largest absolute Gasteiger partial charge is 0.497 e. The van der Waals surface area contributed by atoms with E-state index in [2.05, 4.69) is 6.07 Å². The lowest BCUT2D eigenvalue weighted by Crippen LogP contribution is -2.40. The van der Waals surface area contributed by atoms with Gasteiger partial charge in [-0.2, -0.15) is 5.26 Å². The van der Waals surface area contributed by atoms with E-state index in [1.807, 2.05) is 0 Å². The molecule has 1 aromatic rings. The van der Waals surface area contributed by atoms with Gasteiger partial charge in [0.15, 0.2) is 0 Å². The number of hydrogen-bond donors (Lipinski definition) is 0. The molecule has 1 aromatic carbocycles. The van der Waals surface area contributed by atoms with Crippen LogP contribution in [0.15, 0.2) is 18.2 Å². The lowest BCUT2D eigenvalue weighted by atomic mass is 9.66. The molecule has 23 heavy (non-hydrogen) atoms. The maximum Gasteiger partial charge on any atom is 0.316 e. The molecule has 0 N–H and O–H groups in total. The zero-order chi connectivity index (χ0) is 17.0. The van der Waals surface area contributed by atoms with Gasteiger partial charge in [-0.25, -0.2) is 0 Å². The van der Waals surface area contributed by atoms with Crippen LogP contribution in [-0.4, -0.2) is 25.5 Å². The van der Waals surface area contributed by atoms with Crippen LogP contribution >= 0.6 is 11.6 Å². The van der Waals surface area contributed by atoms with Crippen molar-refractivity contribution < 1.29 is 19.1 Å². The molecule has 1 aliphatic carbocycles. The molecular formula is C17H18ClNO4. The lowest BCUT2D eigenvalue weighted by Gasteiger charge is -2.34. The highest BCUT2D eigenvalue weighted by atomic mass is 35.5. The summed E-state index contributed by atoms with van der Waals surface area (Å²) in [5.74, 6) is -1.11. The van der Waals surface area contributed by atoms with Crippen LogP contribution in [0.4, 0.5) is 0 Å². The van der Waals surface area contributed by atoms with Crippen molar-refractivity contribution in [2.75, 3.05) is 13.7 Å². The van der Waals surface area contributed by atoms with Crippen LogP contribution in [0, 0.1) is 17.2 Å². The monoisotopic (exact) mass is 335 g/mol. The van der Waals surface area contributed by atoms with Gasteiger partial charge in [-0.3, -0.25) is 9.59 Å². The van der Waals surface area contributed by atoms with Crippen molar-refractivity contribution in [2.45, 2.75) is 31.6 Å². The molecule has 2 rings (SSSR count). The van der Waals surface area contributed by atoms with Crippen LogP contribution < -0.4 is 4.74 Å². The Kier molecular flexibility index (Phi) is 5.27. The van der Waals surface area contributed by atoms with Gasteiger partial charge in [-0.1, -0.05) is 11.6 Å². The van der Waals surface area contributed by atoms with Gasteiger partial charge in [-0.15, -0.1) is 0 Å². The minimum absolute atomic E-state index is 0.0774. The average Bonchev–Trinajstić information content (AvgIpc) is 2.56. The second-order valence-electron chi connectivity index (χ2n) is 5.51. The summed E-state index contributed by atoms with van der Waals surface area (Å²) in [6, 6.07) is 7.33. The van der Waals surface area contributed by atoms with Gasteiger partial charge in [0.05, 0.1) is 25.2 Å². The fourth-order valence-corrected chi connectivity index (χ4v) is 3.24. The molecule has 0 aliphatic heterocycles. The summed E-state index contributed by atoms with van der Waals surface area (Å²) in [4.78, 5) is 24.1. The van der Waals surface area contributed by atoms with Crippen LogP contribution in [0.2, 0.25) is 5.02 Å². The van der Waals surface area contributed by atoms with E-state index in [9.17, 15) is 14.9 Å². The minimum atomic E-state index is -1.00. The van der Waals surface area contributed by atoms with Crippen molar-refractivity contribution >= 4 is 23.4 Å². The lowest BCUT2D eigenvalue weighted by molar-refractivity contribution is -0.153. The molecule has 0 bridgehead atoms. The molecule has 0 aromatic heterocycles. The van der Waals surface area contributed by atoms with E-state index >= 15 is 0 Å². The first-order valence-corrected chi connectivity index (χ1v) is 7.80. The van der Waals surface area contributed by atoms with E-state index < -0.39 is 17.3 Å². The Morgan fingerprint density at radius 3 is 2.87 bits per heavy atom. The zero-order valence-electron chi connectivity index (χ0n) is 13.1. The first-order valence-electron chi connectivity index (χ1n) is 7.42. The number of benzene rings is 1. The van der Waals surface area contributed by atoms with Crippen molar-refractivity contribution in [3.63, 3.8) is 0 Å². The molecule has 0 spiro atoms. The summed E-state index contributed by atoms with van der Waals surface area (Å²) in [7, 11) is 1.53. The van der Waals surface area contributed by atoms with E-state index in [-0.39, 0.29) is 25.2 Å². The molecule has 5 nitrogen and oxygen atoms in total. The molecule has 1 aliphatic rings. The smallest absolute Gasteiger partial charge is 0.316 e. The van der Waals surface area contributed by atoms with Gasteiger partial charge in [0, 0.05) is 11.4 Å². The standard InChI is InChI=1S/C17H18ClNO4/c1-3-23-16(21)12-9-17(10-19,7-6-15(12)20)13-8-11(22-2)4-5-14(13)18/h4-5,8,12H,3,6-7,9H2,1-2H3. The van der Waals surface area contributed by atoms with Crippen molar-refractivity contribution in [3.05, 3.63) is 28.8 Å². The topological polar surface area (TPSA) is 76.4 Å². The number of halogens is 1. The Bertz CT molecular complexity index is 667. The van der Waals surface area contributed by atoms with Crippen LogP contribution in [0.5, 0.6) is 5.75 Å². The SMILES string of the molecule is CCOC(=O)C1CC(C#N)(c2cc(OC)ccc2Cl)CCC1=O. The Hall–Kier alpha value is -2.06. The average molecular weight is 336 g/mol. The maximum atomic E-state index is 12.1. The van der Waals surface area contributed by atoms with Gasteiger partial charge in [0.25, 0.3) is 0 Å². The van der Waals surface area contributed by atoms with Crippen LogP contribution in [0.1, 0.15) is 31.7 Å². The van der Waals surface area contributed by atoms with Crippen molar-refractivity contribution in [1.29, 1.82) is 5.26 Å². The molecule has 0 heterocycles. The van der Waals surface area contributed by atoms with Crippen LogP contribution in [0.3, 0.4) is 0 Å². The van der Waals surface area contributed by atoms with E-state index in [0.717, 1.165) is 0 Å². The summed E-state index contributed by atoms with van der Waals surface area (Å²) in [5.41, 5.74) is -0.417. The molecule has 122 valence electrons. The second-order valence-corrected chi connectivity index (χ2v) is 5.92. The second kappa shape index (κ2) is 7.01. The predicted molar refractivity (Wildman–Crippen MR) is 84.3 cm³/mol. The van der Waals surface area contributed by atoms with Gasteiger partial charge in [-0.05, 0) is 43.5 Å². The number of esters is 1. The van der Waals surface area contributed by atoms with Crippen molar-refractivity contribution in [2.24, 2.45) is 5.92 Å². The third-order valence-corrected chi connectivity index (χ3v) is 4.54. The van der Waals surface area contributed by atoms with Crippen molar-refractivity contribution in [1.82, 2.24) is 0 Å². The minimum Gasteiger partial charge on any atom is -0.497 e. The Balaban J connectivity index is 2.43. The van der Waals surface area contributed by atoms with E-state index in [4.69, 9.17) is 21.1 Å². The fraction of sp³-hybridized carbons (Fsp3) is 0.471. The molecule has 0 amide bonds. The predicted octanol–water partition coefficient (Wildman–Crippen LogP) is 3.04. The van der Waals surface area contributed by atoms with Gasteiger partial charge in [0.1, 0.15) is 17.5 Å².